The summed E-state index contributed by atoms with van der Waals surface area (Å²) in [6.07, 6.45) is -2.52. The van der Waals surface area contributed by atoms with Crippen LogP contribution in [-0.2, 0) is 37.1 Å². The van der Waals surface area contributed by atoms with Crippen LogP contribution in [0.1, 0.15) is 11.1 Å². The standard InChI is InChI=1S/C29H30F2N2O7S/c30-29(31,26(17-22-12-6-2-7-13-22)32-41(37,38)24-14-8-3-9-15-24)27(34)25(16-21-10-4-1-5-11-21)33(28(35)36)23-18-39-20-40-19-23/h1-15,23,25-26,32H,16-20H2,(H,35,36)/t25-,26?/m0/s1. The molecule has 0 bridgehead atoms. The van der Waals surface area contributed by atoms with Gasteiger partial charge in [0.2, 0.25) is 15.8 Å². The quantitative estimate of drug-likeness (QED) is 0.331. The number of amides is 1. The fourth-order valence-corrected chi connectivity index (χ4v) is 5.93. The van der Waals surface area contributed by atoms with E-state index in [1.54, 1.807) is 54.6 Å². The van der Waals surface area contributed by atoms with Crippen LogP contribution >= 0.6 is 0 Å². The van der Waals surface area contributed by atoms with Gasteiger partial charge in [-0.15, -0.1) is 0 Å². The molecule has 0 radical (unpaired) electrons. The minimum Gasteiger partial charge on any atom is -0.465 e. The van der Waals surface area contributed by atoms with Crippen LogP contribution in [0.5, 0.6) is 0 Å². The number of halogens is 2. The van der Waals surface area contributed by atoms with Crippen LogP contribution in [-0.4, -0.2) is 74.4 Å². The van der Waals surface area contributed by atoms with Crippen molar-refractivity contribution >= 4 is 21.9 Å². The number of rotatable bonds is 12. The highest BCUT2D eigenvalue weighted by Crippen LogP contribution is 2.30. The number of ether oxygens (including phenoxy) is 2. The van der Waals surface area contributed by atoms with Gasteiger partial charge in [-0.2, -0.15) is 8.78 Å². The molecular weight excluding hydrogens is 558 g/mol. The van der Waals surface area contributed by atoms with Gasteiger partial charge in [0, 0.05) is 6.42 Å². The van der Waals surface area contributed by atoms with E-state index in [0.29, 0.717) is 16.0 Å². The van der Waals surface area contributed by atoms with Gasteiger partial charge in [0.15, 0.2) is 0 Å². The Bertz CT molecular complexity index is 1400. The van der Waals surface area contributed by atoms with Crippen molar-refractivity contribution < 1.29 is 41.4 Å². The first-order valence-corrected chi connectivity index (χ1v) is 14.3. The molecule has 1 unspecified atom stereocenters. The number of sulfonamides is 1. The van der Waals surface area contributed by atoms with E-state index in [0.717, 1.165) is 0 Å². The minimum absolute atomic E-state index is 0.0994. The van der Waals surface area contributed by atoms with E-state index in [9.17, 15) is 23.1 Å². The van der Waals surface area contributed by atoms with E-state index >= 15 is 8.78 Å². The molecule has 0 aromatic heterocycles. The second kappa shape index (κ2) is 13.3. The summed E-state index contributed by atoms with van der Waals surface area (Å²) >= 11 is 0. The molecule has 1 fully saturated rings. The number of Topliss-reactive ketones (excluding diaryl/α,β-unsaturated/α-hetero) is 1. The van der Waals surface area contributed by atoms with Gasteiger partial charge in [0.25, 0.3) is 0 Å². The summed E-state index contributed by atoms with van der Waals surface area (Å²) in [5, 5.41) is 10.1. The van der Waals surface area contributed by atoms with Gasteiger partial charge in [-0.25, -0.2) is 17.9 Å². The summed E-state index contributed by atoms with van der Waals surface area (Å²) < 4.78 is 71.6. The highest BCUT2D eigenvalue weighted by atomic mass is 32.2. The second-order valence-corrected chi connectivity index (χ2v) is 11.3. The van der Waals surface area contributed by atoms with Crippen LogP contribution in [0, 0.1) is 0 Å². The maximum Gasteiger partial charge on any atom is 0.408 e. The topological polar surface area (TPSA) is 122 Å². The molecule has 1 amide bonds. The lowest BCUT2D eigenvalue weighted by atomic mass is 9.90. The summed E-state index contributed by atoms with van der Waals surface area (Å²) in [5.41, 5.74) is 0.791. The summed E-state index contributed by atoms with van der Waals surface area (Å²) in [6, 6.07) is 17.9. The fraction of sp³-hybridized carbons (Fsp3) is 0.310. The van der Waals surface area contributed by atoms with Gasteiger partial charge in [0.05, 0.1) is 30.2 Å². The van der Waals surface area contributed by atoms with Gasteiger partial charge in [-0.1, -0.05) is 78.9 Å². The fourth-order valence-electron chi connectivity index (χ4n) is 4.68. The number of hydrogen-bond acceptors (Lipinski definition) is 6. The molecule has 0 aliphatic carbocycles. The largest absolute Gasteiger partial charge is 0.465 e. The third-order valence-electron chi connectivity index (χ3n) is 6.71. The van der Waals surface area contributed by atoms with E-state index in [1.807, 2.05) is 4.72 Å². The highest BCUT2D eigenvalue weighted by molar-refractivity contribution is 7.89. The molecule has 3 aromatic rings. The number of nitrogens with zero attached hydrogens (tertiary/aromatic N) is 1. The zero-order chi connectivity index (χ0) is 29.5. The summed E-state index contributed by atoms with van der Waals surface area (Å²) in [6.45, 7) is -0.424. The number of nitrogens with one attached hydrogen (secondary N) is 1. The third kappa shape index (κ3) is 7.53. The van der Waals surface area contributed by atoms with Crippen LogP contribution in [0.25, 0.3) is 0 Å². The first-order valence-electron chi connectivity index (χ1n) is 12.8. The Morgan fingerprint density at radius 1 is 0.878 bits per heavy atom. The van der Waals surface area contributed by atoms with Crippen molar-refractivity contribution in [3.05, 3.63) is 102 Å². The molecule has 2 atom stereocenters. The number of carboxylic acid groups (broad SMARTS) is 1. The van der Waals surface area contributed by atoms with Crippen LogP contribution in [0.3, 0.4) is 0 Å². The molecule has 2 N–H and O–H groups in total. The Morgan fingerprint density at radius 2 is 1.37 bits per heavy atom. The summed E-state index contributed by atoms with van der Waals surface area (Å²) in [5.74, 6) is -6.08. The average molecular weight is 589 g/mol. The van der Waals surface area contributed by atoms with E-state index in [4.69, 9.17) is 9.47 Å². The third-order valence-corrected chi connectivity index (χ3v) is 8.20. The predicted octanol–water partition coefficient (Wildman–Crippen LogP) is 3.74. The van der Waals surface area contributed by atoms with E-state index in [-0.39, 0.29) is 31.3 Å². The first-order chi connectivity index (χ1) is 19.6. The van der Waals surface area contributed by atoms with Gasteiger partial charge in [0.1, 0.15) is 12.8 Å². The van der Waals surface area contributed by atoms with E-state index in [2.05, 4.69) is 0 Å². The lowest BCUT2D eigenvalue weighted by Gasteiger charge is -2.39. The predicted molar refractivity (Wildman–Crippen MR) is 145 cm³/mol. The lowest BCUT2D eigenvalue weighted by Crippen LogP contribution is -2.62. The van der Waals surface area contributed by atoms with Crippen LogP contribution in [0.4, 0.5) is 13.6 Å². The SMILES string of the molecule is O=C(O)N(C1COCOC1)[C@@H](Cc1ccccc1)C(=O)C(F)(F)C(Cc1ccccc1)NS(=O)(=O)c1ccccc1. The molecule has 1 heterocycles. The van der Waals surface area contributed by atoms with Crippen molar-refractivity contribution in [2.45, 2.75) is 41.8 Å². The molecule has 9 nitrogen and oxygen atoms in total. The molecule has 4 rings (SSSR count). The molecule has 218 valence electrons. The Balaban J connectivity index is 1.75. The molecule has 0 spiro atoms. The molecule has 12 heteroatoms. The number of carbonyl (C=O) groups is 2. The highest BCUT2D eigenvalue weighted by Gasteiger charge is 2.54. The van der Waals surface area contributed by atoms with Gasteiger partial charge in [-0.3, -0.25) is 9.69 Å². The average Bonchev–Trinajstić information content (AvgIpc) is 2.98. The van der Waals surface area contributed by atoms with Crippen LogP contribution in [0.15, 0.2) is 95.9 Å². The Labute approximate surface area is 236 Å². The number of ketones is 1. The minimum atomic E-state index is -4.49. The van der Waals surface area contributed by atoms with E-state index < -0.39 is 52.4 Å². The molecule has 1 saturated heterocycles. The van der Waals surface area contributed by atoms with Crippen molar-refractivity contribution in [3.63, 3.8) is 0 Å². The number of benzene rings is 3. The molecular formula is C29H30F2N2O7S. The number of hydrogen-bond donors (Lipinski definition) is 2. The molecule has 41 heavy (non-hydrogen) atoms. The number of alkyl halides is 2. The number of carbonyl (C=O) groups excluding carboxylic acids is 1. The van der Waals surface area contributed by atoms with Gasteiger partial charge in [-0.05, 0) is 29.7 Å². The van der Waals surface area contributed by atoms with Gasteiger partial charge < -0.3 is 14.6 Å². The van der Waals surface area contributed by atoms with Crippen molar-refractivity contribution in [1.82, 2.24) is 9.62 Å². The normalized spacial score (nSPS) is 16.0. The van der Waals surface area contributed by atoms with E-state index in [1.165, 1.54) is 36.4 Å². The Morgan fingerprint density at radius 3 is 1.88 bits per heavy atom. The summed E-state index contributed by atoms with van der Waals surface area (Å²) in [4.78, 5) is 26.7. The Hall–Kier alpha value is -3.71. The van der Waals surface area contributed by atoms with Crippen molar-refractivity contribution in [2.24, 2.45) is 0 Å². The lowest BCUT2D eigenvalue weighted by molar-refractivity contribution is -0.160. The molecule has 1 aliphatic rings. The second-order valence-electron chi connectivity index (χ2n) is 9.57. The van der Waals surface area contributed by atoms with Crippen molar-refractivity contribution in [2.75, 3.05) is 20.0 Å². The maximum atomic E-state index is 16.4. The van der Waals surface area contributed by atoms with Crippen LogP contribution in [0.2, 0.25) is 0 Å². The monoisotopic (exact) mass is 588 g/mol. The zero-order valence-electron chi connectivity index (χ0n) is 21.9. The molecule has 1 aliphatic heterocycles. The first kappa shape index (κ1) is 30.3. The van der Waals surface area contributed by atoms with Crippen LogP contribution < -0.4 is 4.72 Å². The Kier molecular flexibility index (Phi) is 9.81. The molecule has 0 saturated carbocycles. The zero-order valence-corrected chi connectivity index (χ0v) is 22.8. The molecule has 3 aromatic carbocycles. The van der Waals surface area contributed by atoms with Crippen molar-refractivity contribution in [3.8, 4) is 0 Å². The van der Waals surface area contributed by atoms with Crippen molar-refractivity contribution in [1.29, 1.82) is 0 Å². The van der Waals surface area contributed by atoms with Gasteiger partial charge >= 0.3 is 12.0 Å². The smallest absolute Gasteiger partial charge is 0.408 e. The maximum absolute atomic E-state index is 16.4. The summed E-state index contributed by atoms with van der Waals surface area (Å²) in [7, 11) is -4.49.